The lowest BCUT2D eigenvalue weighted by molar-refractivity contribution is 0.0553. The first-order valence-electron chi connectivity index (χ1n) is 14.0. The summed E-state index contributed by atoms with van der Waals surface area (Å²) < 4.78 is 20.9. The van der Waals surface area contributed by atoms with Crippen LogP contribution < -0.4 is 16.3 Å². The van der Waals surface area contributed by atoms with E-state index in [0.29, 0.717) is 17.5 Å². The lowest BCUT2D eigenvalue weighted by atomic mass is 9.86. The van der Waals surface area contributed by atoms with Gasteiger partial charge in [-0.3, -0.25) is 4.98 Å². The fourth-order valence-corrected chi connectivity index (χ4v) is 6.20. The standard InChI is InChI=1S/C31H36N8O3/c1-37(33)28(30(32)40-3)22-17-25-26(34-18-22)23-11-10-21(29-31(41-4)35-36-38(29)2)16-24(23)39(25)27(19-8-6-5-7-9-19)20-12-14-42-15-13-20/h5-11,16-18,20,27H,12-15,32-33H2,1-4H3/b30-28+/t27-/m1/s1. The number of hydrogen-bond acceptors (Lipinski definition) is 9. The number of methoxy groups -OCH3 is 2. The van der Waals surface area contributed by atoms with Gasteiger partial charge in [-0.05, 0) is 42.5 Å². The van der Waals surface area contributed by atoms with E-state index in [1.54, 1.807) is 25.0 Å². The molecule has 0 bridgehead atoms. The molecule has 4 heterocycles. The number of aromatic nitrogens is 5. The monoisotopic (exact) mass is 568 g/mol. The zero-order valence-electron chi connectivity index (χ0n) is 24.3. The second-order valence-corrected chi connectivity index (χ2v) is 10.6. The average molecular weight is 569 g/mol. The lowest BCUT2D eigenvalue weighted by Crippen LogP contribution is -2.28. The second-order valence-electron chi connectivity index (χ2n) is 10.6. The predicted octanol–water partition coefficient (Wildman–Crippen LogP) is 4.05. The van der Waals surface area contributed by atoms with Gasteiger partial charge in [0.2, 0.25) is 5.88 Å². The zero-order valence-corrected chi connectivity index (χ0v) is 24.3. The van der Waals surface area contributed by atoms with Crippen LogP contribution in [0.4, 0.5) is 0 Å². The third kappa shape index (κ3) is 4.70. The zero-order chi connectivity index (χ0) is 29.4. The highest BCUT2D eigenvalue weighted by molar-refractivity contribution is 6.07. The molecule has 0 spiro atoms. The van der Waals surface area contributed by atoms with Crippen molar-refractivity contribution in [3.8, 4) is 17.1 Å². The first-order valence-corrected chi connectivity index (χ1v) is 14.0. The molecule has 1 aliphatic rings. The Bertz CT molecular complexity index is 1750. The summed E-state index contributed by atoms with van der Waals surface area (Å²) in [4.78, 5) is 4.99. The Morgan fingerprint density at radius 1 is 1.07 bits per heavy atom. The molecule has 2 aromatic carbocycles. The maximum atomic E-state index is 6.25. The van der Waals surface area contributed by atoms with E-state index in [0.717, 1.165) is 64.8 Å². The van der Waals surface area contributed by atoms with Gasteiger partial charge in [-0.15, -0.1) is 0 Å². The maximum absolute atomic E-state index is 6.25. The van der Waals surface area contributed by atoms with Crippen LogP contribution in [0.1, 0.15) is 30.0 Å². The van der Waals surface area contributed by atoms with Crippen molar-refractivity contribution in [3.63, 3.8) is 0 Å². The van der Waals surface area contributed by atoms with E-state index < -0.39 is 0 Å². The summed E-state index contributed by atoms with van der Waals surface area (Å²) in [6, 6.07) is 19.1. The molecule has 0 aliphatic carbocycles. The number of ether oxygens (including phenoxy) is 3. The van der Waals surface area contributed by atoms with E-state index in [-0.39, 0.29) is 11.9 Å². The van der Waals surface area contributed by atoms with Gasteiger partial charge in [0, 0.05) is 50.0 Å². The molecule has 4 N–H and O–H groups in total. The third-order valence-electron chi connectivity index (χ3n) is 8.11. The van der Waals surface area contributed by atoms with Crippen LogP contribution in [0.5, 0.6) is 5.88 Å². The number of rotatable bonds is 8. The number of hydrogen-bond donors (Lipinski definition) is 2. The minimum absolute atomic E-state index is 0.0248. The summed E-state index contributed by atoms with van der Waals surface area (Å²) in [5.41, 5.74) is 13.4. The van der Waals surface area contributed by atoms with E-state index in [9.17, 15) is 0 Å². The van der Waals surface area contributed by atoms with Crippen LogP contribution in [0.15, 0.2) is 66.7 Å². The molecule has 0 unspecified atom stereocenters. The first kappa shape index (κ1) is 27.6. The Hall–Kier alpha value is -4.61. The van der Waals surface area contributed by atoms with Crippen molar-refractivity contribution in [1.29, 1.82) is 0 Å². The molecule has 3 aromatic heterocycles. The van der Waals surface area contributed by atoms with Crippen molar-refractivity contribution in [2.24, 2.45) is 24.5 Å². The van der Waals surface area contributed by atoms with Crippen molar-refractivity contribution in [1.82, 2.24) is 29.6 Å². The summed E-state index contributed by atoms with van der Waals surface area (Å²) in [5, 5.41) is 10.9. The van der Waals surface area contributed by atoms with Crippen molar-refractivity contribution < 1.29 is 14.2 Å². The van der Waals surface area contributed by atoms with E-state index in [4.69, 9.17) is 30.8 Å². The molecule has 5 aromatic rings. The van der Waals surface area contributed by atoms with Gasteiger partial charge < -0.3 is 29.5 Å². The number of nitrogens with zero attached hydrogens (tertiary/aromatic N) is 6. The van der Waals surface area contributed by atoms with Gasteiger partial charge >= 0.3 is 0 Å². The van der Waals surface area contributed by atoms with Crippen LogP contribution >= 0.6 is 0 Å². The predicted molar refractivity (Wildman–Crippen MR) is 162 cm³/mol. The van der Waals surface area contributed by atoms with Gasteiger partial charge in [0.25, 0.3) is 5.88 Å². The highest BCUT2D eigenvalue weighted by Gasteiger charge is 2.31. The second kappa shape index (κ2) is 11.3. The molecular weight excluding hydrogens is 532 g/mol. The molecule has 11 nitrogen and oxygen atoms in total. The fourth-order valence-electron chi connectivity index (χ4n) is 6.20. The minimum Gasteiger partial charge on any atom is -0.481 e. The van der Waals surface area contributed by atoms with E-state index in [1.807, 2.05) is 7.05 Å². The van der Waals surface area contributed by atoms with E-state index in [2.05, 4.69) is 69.5 Å². The molecule has 1 atom stereocenters. The quantitative estimate of drug-likeness (QED) is 0.162. The third-order valence-corrected chi connectivity index (χ3v) is 8.11. The molecule has 42 heavy (non-hydrogen) atoms. The Kier molecular flexibility index (Phi) is 7.44. The van der Waals surface area contributed by atoms with Crippen LogP contribution in [0.3, 0.4) is 0 Å². The Labute approximate surface area is 244 Å². The molecular formula is C31H36N8O3. The smallest absolute Gasteiger partial charge is 0.261 e. The number of hydrazine groups is 1. The van der Waals surface area contributed by atoms with Gasteiger partial charge in [0.1, 0.15) is 11.4 Å². The summed E-state index contributed by atoms with van der Waals surface area (Å²) in [6.45, 7) is 1.46. The highest BCUT2D eigenvalue weighted by atomic mass is 16.5. The number of pyridine rings is 1. The van der Waals surface area contributed by atoms with Gasteiger partial charge in [-0.25, -0.2) is 10.5 Å². The summed E-state index contributed by atoms with van der Waals surface area (Å²) >= 11 is 0. The normalized spacial score (nSPS) is 15.5. The van der Waals surface area contributed by atoms with Gasteiger partial charge in [-0.2, -0.15) is 0 Å². The maximum Gasteiger partial charge on any atom is 0.261 e. The van der Waals surface area contributed by atoms with Crippen LogP contribution in [0.25, 0.3) is 38.9 Å². The minimum atomic E-state index is 0.0248. The van der Waals surface area contributed by atoms with Crippen LogP contribution in [0.2, 0.25) is 0 Å². The van der Waals surface area contributed by atoms with E-state index >= 15 is 0 Å². The topological polar surface area (TPSA) is 132 Å². The van der Waals surface area contributed by atoms with Crippen molar-refractivity contribution in [3.05, 3.63) is 77.8 Å². The number of nitrogens with two attached hydrogens (primary N) is 2. The molecule has 6 rings (SSSR count). The Morgan fingerprint density at radius 2 is 1.83 bits per heavy atom. The molecule has 11 heteroatoms. The SMILES string of the molecule is CO/C(N)=C(\c1cnc2c3ccc(-c4c(OC)nnn4C)cc3n([C@H](c3ccccc3)C3CCOCC3)c2c1)N(C)N. The molecule has 0 saturated carbocycles. The summed E-state index contributed by atoms with van der Waals surface area (Å²) in [7, 11) is 6.74. The number of benzene rings is 2. The average Bonchev–Trinajstić information content (AvgIpc) is 3.55. The fraction of sp³-hybridized carbons (Fsp3) is 0.323. The van der Waals surface area contributed by atoms with Crippen molar-refractivity contribution in [2.75, 3.05) is 34.5 Å². The van der Waals surface area contributed by atoms with Crippen LogP contribution in [-0.2, 0) is 16.5 Å². The van der Waals surface area contributed by atoms with Crippen molar-refractivity contribution >= 4 is 27.6 Å². The van der Waals surface area contributed by atoms with Crippen molar-refractivity contribution in [2.45, 2.75) is 18.9 Å². The molecule has 1 fully saturated rings. The van der Waals surface area contributed by atoms with E-state index in [1.165, 1.54) is 17.7 Å². The van der Waals surface area contributed by atoms with Gasteiger partial charge in [-0.1, -0.05) is 46.7 Å². The molecule has 0 radical (unpaired) electrons. The molecule has 1 aliphatic heterocycles. The summed E-state index contributed by atoms with van der Waals surface area (Å²) in [5.74, 6) is 7.26. The largest absolute Gasteiger partial charge is 0.481 e. The number of fused-ring (bicyclic) bond motifs is 3. The summed E-state index contributed by atoms with van der Waals surface area (Å²) in [6.07, 6.45) is 3.69. The van der Waals surface area contributed by atoms with Gasteiger partial charge in [0.15, 0.2) is 0 Å². The lowest BCUT2D eigenvalue weighted by Gasteiger charge is -2.33. The van der Waals surface area contributed by atoms with Crippen LogP contribution in [-0.4, -0.2) is 64.0 Å². The number of aryl methyl sites for hydroxylation is 1. The molecule has 1 saturated heterocycles. The van der Waals surface area contributed by atoms with Crippen LogP contribution in [0, 0.1) is 5.92 Å². The Morgan fingerprint density at radius 3 is 2.52 bits per heavy atom. The first-order chi connectivity index (χ1) is 20.4. The molecule has 218 valence electrons. The van der Waals surface area contributed by atoms with Gasteiger partial charge in [0.05, 0.1) is 36.8 Å². The highest BCUT2D eigenvalue weighted by Crippen LogP contribution is 2.42. The molecule has 0 amide bonds. The Balaban J connectivity index is 1.69.